The van der Waals surface area contributed by atoms with Crippen molar-refractivity contribution >= 4 is 15.8 Å². The molecule has 6 nitrogen and oxygen atoms in total. The van der Waals surface area contributed by atoms with Gasteiger partial charge in [0, 0.05) is 36.9 Å². The molecule has 0 unspecified atom stereocenters. The Hall–Kier alpha value is -2.12. The van der Waals surface area contributed by atoms with Crippen LogP contribution in [-0.2, 0) is 23.0 Å². The summed E-state index contributed by atoms with van der Waals surface area (Å²) in [7, 11) is -1.87. The first-order valence-electron chi connectivity index (χ1n) is 9.65. The Morgan fingerprint density at radius 3 is 2.39 bits per heavy atom. The van der Waals surface area contributed by atoms with Gasteiger partial charge >= 0.3 is 0 Å². The van der Waals surface area contributed by atoms with Crippen molar-refractivity contribution in [2.75, 3.05) is 18.6 Å². The molecule has 1 aliphatic rings. The van der Waals surface area contributed by atoms with E-state index >= 15 is 0 Å². The Morgan fingerprint density at radius 2 is 1.82 bits per heavy atom. The summed E-state index contributed by atoms with van der Waals surface area (Å²) in [4.78, 5) is 6.88. The lowest BCUT2D eigenvalue weighted by Gasteiger charge is -2.31. The Bertz CT molecular complexity index is 916. The van der Waals surface area contributed by atoms with Gasteiger partial charge in [-0.15, -0.1) is 0 Å². The molecule has 1 aliphatic heterocycles. The highest BCUT2D eigenvalue weighted by Gasteiger charge is 2.30. The van der Waals surface area contributed by atoms with E-state index in [9.17, 15) is 8.42 Å². The molecule has 0 bridgehead atoms. The van der Waals surface area contributed by atoms with Crippen molar-refractivity contribution in [2.24, 2.45) is 0 Å². The molecule has 1 aromatic carbocycles. The lowest BCUT2D eigenvalue weighted by Crippen LogP contribution is -2.42. The van der Waals surface area contributed by atoms with Gasteiger partial charge in [-0.25, -0.2) is 13.4 Å². The maximum Gasteiger partial charge on any atom is 0.245 e. The number of rotatable bonds is 6. The molecule has 28 heavy (non-hydrogen) atoms. The van der Waals surface area contributed by atoms with Gasteiger partial charge in [0.1, 0.15) is 16.5 Å². The number of methoxy groups -OCH3 is 1. The number of hydrogen-bond donors (Lipinski definition) is 0. The smallest absolute Gasteiger partial charge is 0.245 e. The Kier molecular flexibility index (Phi) is 5.95. The van der Waals surface area contributed by atoms with Crippen LogP contribution in [0.25, 0.3) is 0 Å². The van der Waals surface area contributed by atoms with Gasteiger partial charge in [-0.3, -0.25) is 0 Å². The minimum absolute atomic E-state index is 0.113. The van der Waals surface area contributed by atoms with Gasteiger partial charge in [0.05, 0.1) is 7.11 Å². The van der Waals surface area contributed by atoms with Gasteiger partial charge in [0.15, 0.2) is 0 Å². The van der Waals surface area contributed by atoms with Crippen LogP contribution >= 0.6 is 0 Å². The van der Waals surface area contributed by atoms with Crippen LogP contribution < -0.4 is 9.64 Å². The zero-order valence-corrected chi connectivity index (χ0v) is 18.0. The van der Waals surface area contributed by atoms with Gasteiger partial charge in [-0.05, 0) is 57.9 Å². The second-order valence-electron chi connectivity index (χ2n) is 7.64. The molecule has 0 aliphatic carbocycles. The van der Waals surface area contributed by atoms with E-state index in [0.29, 0.717) is 0 Å². The molecule has 0 spiro atoms. The number of benzene rings is 1. The van der Waals surface area contributed by atoms with Gasteiger partial charge in [-0.1, -0.05) is 12.1 Å². The van der Waals surface area contributed by atoms with Crippen molar-refractivity contribution in [3.05, 3.63) is 47.7 Å². The minimum Gasteiger partial charge on any atom is -0.496 e. The molecule has 0 amide bonds. The van der Waals surface area contributed by atoms with E-state index in [-0.39, 0.29) is 17.0 Å². The fraction of sp³-hybridized carbons (Fsp3) is 0.476. The maximum atomic E-state index is 13.0. The maximum absolute atomic E-state index is 13.0. The number of aromatic nitrogens is 1. The highest BCUT2D eigenvalue weighted by atomic mass is 32.2. The number of nitrogens with zero attached hydrogens (tertiary/aromatic N) is 3. The third-order valence-corrected chi connectivity index (χ3v) is 7.32. The Morgan fingerprint density at radius 1 is 1.11 bits per heavy atom. The molecule has 0 saturated heterocycles. The SMILES string of the molecule is COc1cccc2c1CCN(c1ccc(S(=O)(=O)N(C(C)C)C(C)C)cn1)C2. The molecule has 2 aromatic rings. The van der Waals surface area contributed by atoms with Gasteiger partial charge in [0.25, 0.3) is 0 Å². The lowest BCUT2D eigenvalue weighted by atomic mass is 9.98. The van der Waals surface area contributed by atoms with E-state index in [4.69, 9.17) is 4.74 Å². The molecule has 0 saturated carbocycles. The van der Waals surface area contributed by atoms with Gasteiger partial charge < -0.3 is 9.64 Å². The average molecular weight is 404 g/mol. The minimum atomic E-state index is -3.57. The van der Waals surface area contributed by atoms with Crippen LogP contribution in [0.15, 0.2) is 41.4 Å². The molecular weight excluding hydrogens is 374 g/mol. The quantitative estimate of drug-likeness (QED) is 0.739. The molecule has 0 N–H and O–H groups in total. The van der Waals surface area contributed by atoms with Crippen LogP contribution in [-0.4, -0.2) is 43.4 Å². The summed E-state index contributed by atoms with van der Waals surface area (Å²) >= 11 is 0. The summed E-state index contributed by atoms with van der Waals surface area (Å²) in [5.41, 5.74) is 2.46. The topological polar surface area (TPSA) is 62.7 Å². The summed E-state index contributed by atoms with van der Waals surface area (Å²) in [6, 6.07) is 9.33. The van der Waals surface area contributed by atoms with Crippen LogP contribution in [0.4, 0.5) is 5.82 Å². The first-order chi connectivity index (χ1) is 13.3. The third-order valence-electron chi connectivity index (χ3n) is 5.08. The summed E-state index contributed by atoms with van der Waals surface area (Å²) in [6.45, 7) is 9.10. The summed E-state index contributed by atoms with van der Waals surface area (Å²) < 4.78 is 33.0. The van der Waals surface area contributed by atoms with Crippen LogP contribution in [0.3, 0.4) is 0 Å². The van der Waals surface area contributed by atoms with Gasteiger partial charge in [-0.2, -0.15) is 4.31 Å². The molecular formula is C21H29N3O3S. The number of fused-ring (bicyclic) bond motifs is 1. The predicted octanol–water partition coefficient (Wildman–Crippen LogP) is 3.46. The highest BCUT2D eigenvalue weighted by molar-refractivity contribution is 7.89. The molecule has 0 radical (unpaired) electrons. The van der Waals surface area contributed by atoms with Crippen LogP contribution in [0.1, 0.15) is 38.8 Å². The standard InChI is InChI=1S/C21H29N3O3S/c1-15(2)24(16(3)4)28(25,26)18-9-10-21(22-13-18)23-12-11-19-17(14-23)7-6-8-20(19)27-5/h6-10,13,15-16H,11-12,14H2,1-5H3. The number of anilines is 1. The third kappa shape index (κ3) is 3.86. The zero-order valence-electron chi connectivity index (χ0n) is 17.2. The fourth-order valence-corrected chi connectivity index (χ4v) is 5.73. The molecule has 3 rings (SSSR count). The Balaban J connectivity index is 1.83. The van der Waals surface area contributed by atoms with Gasteiger partial charge in [0.2, 0.25) is 10.0 Å². The average Bonchev–Trinajstić information content (AvgIpc) is 2.66. The Labute approximate surface area is 168 Å². The lowest BCUT2D eigenvalue weighted by molar-refractivity contribution is 0.302. The van der Waals surface area contributed by atoms with Crippen molar-refractivity contribution in [1.82, 2.24) is 9.29 Å². The zero-order chi connectivity index (χ0) is 20.5. The van der Waals surface area contributed by atoms with Crippen molar-refractivity contribution in [2.45, 2.75) is 57.6 Å². The summed E-state index contributed by atoms with van der Waals surface area (Å²) in [5.74, 6) is 1.71. The van der Waals surface area contributed by atoms with Crippen molar-refractivity contribution in [1.29, 1.82) is 0 Å². The van der Waals surface area contributed by atoms with Crippen molar-refractivity contribution in [3.63, 3.8) is 0 Å². The van der Waals surface area contributed by atoms with Crippen LogP contribution in [0.5, 0.6) is 5.75 Å². The number of ether oxygens (including phenoxy) is 1. The molecule has 0 fully saturated rings. The van der Waals surface area contributed by atoms with E-state index < -0.39 is 10.0 Å². The van der Waals surface area contributed by atoms with Crippen LogP contribution in [0, 0.1) is 0 Å². The largest absolute Gasteiger partial charge is 0.496 e. The number of sulfonamides is 1. The van der Waals surface area contributed by atoms with E-state index in [0.717, 1.165) is 31.1 Å². The number of pyridine rings is 1. The normalized spacial score (nSPS) is 14.6. The van der Waals surface area contributed by atoms with Crippen LogP contribution in [0.2, 0.25) is 0 Å². The van der Waals surface area contributed by atoms with Crippen molar-refractivity contribution < 1.29 is 13.2 Å². The molecule has 0 atom stereocenters. The number of hydrogen-bond acceptors (Lipinski definition) is 5. The molecule has 2 heterocycles. The van der Waals surface area contributed by atoms with E-state index in [2.05, 4.69) is 16.0 Å². The molecule has 1 aromatic heterocycles. The monoisotopic (exact) mass is 403 g/mol. The van der Waals surface area contributed by atoms with E-state index in [1.54, 1.807) is 19.2 Å². The summed E-state index contributed by atoms with van der Waals surface area (Å²) in [5, 5.41) is 0. The second-order valence-corrected chi connectivity index (χ2v) is 9.49. The fourth-order valence-electron chi connectivity index (χ4n) is 3.95. The predicted molar refractivity (Wildman–Crippen MR) is 111 cm³/mol. The molecule has 152 valence electrons. The summed E-state index contributed by atoms with van der Waals surface area (Å²) in [6.07, 6.45) is 2.35. The van der Waals surface area contributed by atoms with E-state index in [1.165, 1.54) is 21.6 Å². The first kappa shape index (κ1) is 20.6. The van der Waals surface area contributed by atoms with Crippen molar-refractivity contribution in [3.8, 4) is 5.75 Å². The first-order valence-corrected chi connectivity index (χ1v) is 11.1. The highest BCUT2D eigenvalue weighted by Crippen LogP contribution is 2.30. The van der Waals surface area contributed by atoms with E-state index in [1.807, 2.05) is 39.8 Å². The molecule has 7 heteroatoms. The second kappa shape index (κ2) is 8.09.